The summed E-state index contributed by atoms with van der Waals surface area (Å²) in [6.45, 7) is 10.2. The van der Waals surface area contributed by atoms with Crippen LogP contribution in [0, 0.1) is 0 Å². The van der Waals surface area contributed by atoms with Crippen LogP contribution in [-0.4, -0.2) is 66.7 Å². The Morgan fingerprint density at radius 2 is 1.73 bits per heavy atom. The fraction of sp³-hybridized carbons (Fsp3) is 0.579. The molecule has 0 aromatic heterocycles. The Morgan fingerprint density at radius 3 is 2.27 bits per heavy atom. The first-order chi connectivity index (χ1) is 12.3. The zero-order valence-corrected chi connectivity index (χ0v) is 16.0. The second-order valence-corrected chi connectivity index (χ2v) is 7.47. The van der Waals surface area contributed by atoms with Gasteiger partial charge in [-0.15, -0.1) is 0 Å². The van der Waals surface area contributed by atoms with Crippen molar-refractivity contribution in [1.82, 2.24) is 15.1 Å². The molecule has 26 heavy (non-hydrogen) atoms. The number of nitrogens with two attached hydrogens (primary N) is 1. The highest BCUT2D eigenvalue weighted by atomic mass is 16.6. The molecule has 7 nitrogen and oxygen atoms in total. The topological polar surface area (TPSA) is 87.9 Å². The Balaban J connectivity index is 1.68. The Bertz CT molecular complexity index is 602. The van der Waals surface area contributed by atoms with Gasteiger partial charge in [-0.05, 0) is 38.5 Å². The van der Waals surface area contributed by atoms with Gasteiger partial charge in [-0.2, -0.15) is 0 Å². The van der Waals surface area contributed by atoms with Crippen LogP contribution in [0.5, 0.6) is 0 Å². The van der Waals surface area contributed by atoms with E-state index in [0.29, 0.717) is 31.7 Å². The number of hydrogen-bond acceptors (Lipinski definition) is 5. The highest BCUT2D eigenvalue weighted by molar-refractivity contribution is 5.94. The molecule has 1 fully saturated rings. The number of amides is 2. The van der Waals surface area contributed by atoms with E-state index in [9.17, 15) is 9.59 Å². The molecule has 1 saturated heterocycles. The highest BCUT2D eigenvalue weighted by Gasteiger charge is 2.25. The largest absolute Gasteiger partial charge is 0.444 e. The van der Waals surface area contributed by atoms with Crippen molar-refractivity contribution in [1.29, 1.82) is 0 Å². The van der Waals surface area contributed by atoms with Gasteiger partial charge in [0.15, 0.2) is 0 Å². The molecule has 7 heteroatoms. The third-order valence-corrected chi connectivity index (χ3v) is 4.19. The molecule has 0 bridgehead atoms. The van der Waals surface area contributed by atoms with Crippen molar-refractivity contribution in [2.75, 3.05) is 39.3 Å². The lowest BCUT2D eigenvalue weighted by molar-refractivity contribution is 0.0147. The van der Waals surface area contributed by atoms with Crippen LogP contribution in [-0.2, 0) is 11.3 Å². The molecule has 2 rings (SSSR count). The van der Waals surface area contributed by atoms with Gasteiger partial charge in [-0.3, -0.25) is 9.69 Å². The maximum Gasteiger partial charge on any atom is 0.410 e. The Hall–Kier alpha value is -2.12. The van der Waals surface area contributed by atoms with Crippen LogP contribution in [0.4, 0.5) is 4.79 Å². The summed E-state index contributed by atoms with van der Waals surface area (Å²) >= 11 is 0. The summed E-state index contributed by atoms with van der Waals surface area (Å²) in [5.41, 5.74) is 6.73. The first-order valence-electron chi connectivity index (χ1n) is 9.06. The van der Waals surface area contributed by atoms with Crippen LogP contribution in [0.2, 0.25) is 0 Å². The van der Waals surface area contributed by atoms with E-state index in [1.165, 1.54) is 0 Å². The molecule has 1 aliphatic rings. The van der Waals surface area contributed by atoms with Gasteiger partial charge in [0.1, 0.15) is 5.60 Å². The minimum absolute atomic E-state index is 0.0824. The molecule has 0 saturated carbocycles. The maximum absolute atomic E-state index is 12.1. The summed E-state index contributed by atoms with van der Waals surface area (Å²) in [7, 11) is 0. The standard InChI is InChI=1S/C19H30N4O3/c1-19(2,3)26-18(25)23-12-10-22(11-13-23)9-8-21-17(24)16-6-4-15(14-20)5-7-16/h4-7H,8-14,20H2,1-3H3,(H,21,24). The van der Waals surface area contributed by atoms with E-state index in [0.717, 1.165) is 25.2 Å². The summed E-state index contributed by atoms with van der Waals surface area (Å²) in [5.74, 6) is -0.0824. The number of nitrogens with one attached hydrogen (secondary N) is 1. The average Bonchev–Trinajstić information content (AvgIpc) is 2.61. The maximum atomic E-state index is 12.1. The van der Waals surface area contributed by atoms with Gasteiger partial charge in [0.25, 0.3) is 5.91 Å². The Kier molecular flexibility index (Phi) is 6.99. The number of rotatable bonds is 5. The first-order valence-corrected chi connectivity index (χ1v) is 9.06. The summed E-state index contributed by atoms with van der Waals surface area (Å²) in [6.07, 6.45) is -0.258. The van der Waals surface area contributed by atoms with E-state index in [4.69, 9.17) is 10.5 Å². The van der Waals surface area contributed by atoms with E-state index in [1.807, 2.05) is 32.9 Å². The zero-order chi connectivity index (χ0) is 19.2. The molecule has 144 valence electrons. The van der Waals surface area contributed by atoms with Crippen molar-refractivity contribution in [3.63, 3.8) is 0 Å². The molecule has 0 aliphatic carbocycles. The molecule has 1 aromatic carbocycles. The number of carbonyl (C=O) groups excluding carboxylic acids is 2. The molecule has 0 radical (unpaired) electrons. The molecule has 0 atom stereocenters. The van der Waals surface area contributed by atoms with Gasteiger partial charge in [-0.1, -0.05) is 12.1 Å². The lowest BCUT2D eigenvalue weighted by Gasteiger charge is -2.35. The Labute approximate surface area is 155 Å². The predicted octanol–water partition coefficient (Wildman–Crippen LogP) is 1.43. The fourth-order valence-corrected chi connectivity index (χ4v) is 2.70. The van der Waals surface area contributed by atoms with E-state index >= 15 is 0 Å². The summed E-state index contributed by atoms with van der Waals surface area (Å²) in [4.78, 5) is 28.1. The van der Waals surface area contributed by atoms with Crippen molar-refractivity contribution >= 4 is 12.0 Å². The first kappa shape index (κ1) is 20.2. The van der Waals surface area contributed by atoms with Gasteiger partial charge in [0.2, 0.25) is 0 Å². The van der Waals surface area contributed by atoms with Crippen LogP contribution in [0.15, 0.2) is 24.3 Å². The summed E-state index contributed by atoms with van der Waals surface area (Å²) in [5, 5.41) is 2.93. The van der Waals surface area contributed by atoms with Crippen molar-refractivity contribution in [3.8, 4) is 0 Å². The van der Waals surface area contributed by atoms with Gasteiger partial charge < -0.3 is 20.7 Å². The lowest BCUT2D eigenvalue weighted by Crippen LogP contribution is -2.51. The predicted molar refractivity (Wildman–Crippen MR) is 101 cm³/mol. The number of nitrogens with zero attached hydrogens (tertiary/aromatic N) is 2. The van der Waals surface area contributed by atoms with Crippen LogP contribution < -0.4 is 11.1 Å². The van der Waals surface area contributed by atoms with Gasteiger partial charge >= 0.3 is 6.09 Å². The average molecular weight is 362 g/mol. The molecular formula is C19H30N4O3. The van der Waals surface area contributed by atoms with Crippen LogP contribution in [0.3, 0.4) is 0 Å². The van der Waals surface area contributed by atoms with Gasteiger partial charge in [0, 0.05) is 51.4 Å². The van der Waals surface area contributed by atoms with E-state index in [2.05, 4.69) is 10.2 Å². The minimum Gasteiger partial charge on any atom is -0.444 e. The quantitative estimate of drug-likeness (QED) is 0.827. The third kappa shape index (κ3) is 6.31. The summed E-state index contributed by atoms with van der Waals surface area (Å²) in [6, 6.07) is 7.31. The zero-order valence-electron chi connectivity index (χ0n) is 16.0. The van der Waals surface area contributed by atoms with Crippen molar-refractivity contribution in [3.05, 3.63) is 35.4 Å². The number of hydrogen-bond donors (Lipinski definition) is 2. The van der Waals surface area contributed by atoms with E-state index < -0.39 is 5.60 Å². The number of benzene rings is 1. The van der Waals surface area contributed by atoms with E-state index in [-0.39, 0.29) is 12.0 Å². The molecule has 1 aromatic rings. The number of ether oxygens (including phenoxy) is 1. The van der Waals surface area contributed by atoms with Crippen LogP contribution >= 0.6 is 0 Å². The van der Waals surface area contributed by atoms with E-state index in [1.54, 1.807) is 17.0 Å². The van der Waals surface area contributed by atoms with Gasteiger partial charge in [-0.25, -0.2) is 4.79 Å². The molecule has 3 N–H and O–H groups in total. The smallest absolute Gasteiger partial charge is 0.410 e. The number of carbonyl (C=O) groups is 2. The monoisotopic (exact) mass is 362 g/mol. The molecular weight excluding hydrogens is 332 g/mol. The molecule has 0 spiro atoms. The van der Waals surface area contributed by atoms with Crippen molar-refractivity contribution < 1.29 is 14.3 Å². The normalized spacial score (nSPS) is 15.6. The summed E-state index contributed by atoms with van der Waals surface area (Å²) < 4.78 is 5.39. The van der Waals surface area contributed by atoms with Crippen LogP contribution in [0.25, 0.3) is 0 Å². The molecule has 2 amide bonds. The van der Waals surface area contributed by atoms with Crippen LogP contribution in [0.1, 0.15) is 36.7 Å². The minimum atomic E-state index is -0.471. The molecule has 0 unspecified atom stereocenters. The lowest BCUT2D eigenvalue weighted by atomic mass is 10.1. The SMILES string of the molecule is CC(C)(C)OC(=O)N1CCN(CCNC(=O)c2ccc(CN)cc2)CC1. The molecule has 1 heterocycles. The van der Waals surface area contributed by atoms with Gasteiger partial charge in [0.05, 0.1) is 0 Å². The van der Waals surface area contributed by atoms with Crippen molar-refractivity contribution in [2.24, 2.45) is 5.73 Å². The Morgan fingerprint density at radius 1 is 1.12 bits per heavy atom. The number of piperazine rings is 1. The van der Waals surface area contributed by atoms with Crippen molar-refractivity contribution in [2.45, 2.75) is 32.9 Å². The highest BCUT2D eigenvalue weighted by Crippen LogP contribution is 2.11. The second kappa shape index (κ2) is 9.00. The fourth-order valence-electron chi connectivity index (χ4n) is 2.70. The third-order valence-electron chi connectivity index (χ3n) is 4.19. The second-order valence-electron chi connectivity index (χ2n) is 7.47. The molecule has 1 aliphatic heterocycles.